The number of aryl methyl sites for hydroxylation is 1. The van der Waals surface area contributed by atoms with Crippen LogP contribution in [0.15, 0.2) is 42.6 Å². The largest absolute Gasteiger partial charge is 0.371 e. The molecule has 22 heavy (non-hydrogen) atoms. The zero-order valence-corrected chi connectivity index (χ0v) is 13.0. The molecule has 3 rings (SSSR count). The molecule has 1 aromatic carbocycles. The Balaban J connectivity index is 1.72. The average Bonchev–Trinajstić information content (AvgIpc) is 2.97. The van der Waals surface area contributed by atoms with Crippen LogP contribution in [0.1, 0.15) is 34.1 Å². The molecule has 2 heterocycles. The van der Waals surface area contributed by atoms with Gasteiger partial charge in [0.2, 0.25) is 0 Å². The number of carbonyl (C=O) groups is 1. The van der Waals surface area contributed by atoms with Crippen LogP contribution in [-0.2, 0) is 4.74 Å². The van der Waals surface area contributed by atoms with Crippen molar-refractivity contribution < 1.29 is 9.53 Å². The van der Waals surface area contributed by atoms with Crippen LogP contribution in [0.5, 0.6) is 0 Å². The van der Waals surface area contributed by atoms with Crippen molar-refractivity contribution in [1.29, 1.82) is 0 Å². The number of carbonyl (C=O) groups excluding carboxylic acids is 1. The first kappa shape index (κ1) is 15.0. The van der Waals surface area contributed by atoms with Crippen LogP contribution in [0.4, 0.5) is 0 Å². The van der Waals surface area contributed by atoms with Gasteiger partial charge in [-0.3, -0.25) is 9.78 Å². The first-order valence-electron chi connectivity index (χ1n) is 7.24. The smallest absolute Gasteiger partial charge is 0.253 e. The molecule has 5 heteroatoms. The topological polar surface area (TPSA) is 51.2 Å². The van der Waals surface area contributed by atoms with E-state index in [1.54, 1.807) is 12.3 Å². The van der Waals surface area contributed by atoms with Crippen LogP contribution in [0.3, 0.4) is 0 Å². The lowest BCUT2D eigenvalue weighted by molar-refractivity contribution is 0.0821. The third-order valence-corrected chi connectivity index (χ3v) is 4.03. The number of halogens is 1. The van der Waals surface area contributed by atoms with Gasteiger partial charge in [0.15, 0.2) is 0 Å². The maximum absolute atomic E-state index is 12.3. The number of nitrogens with one attached hydrogen (secondary N) is 1. The number of amides is 1. The molecule has 0 aliphatic carbocycles. The minimum absolute atomic E-state index is 0.0463. The van der Waals surface area contributed by atoms with Gasteiger partial charge >= 0.3 is 0 Å². The molecule has 114 valence electrons. The van der Waals surface area contributed by atoms with Gasteiger partial charge in [0.05, 0.1) is 11.6 Å². The van der Waals surface area contributed by atoms with Crippen molar-refractivity contribution in [3.8, 4) is 0 Å². The summed E-state index contributed by atoms with van der Waals surface area (Å²) in [6.07, 6.45) is 2.25. The van der Waals surface area contributed by atoms with E-state index in [9.17, 15) is 4.79 Å². The Morgan fingerprint density at radius 1 is 1.27 bits per heavy atom. The molecule has 4 nitrogen and oxygen atoms in total. The molecule has 1 saturated heterocycles. The predicted molar refractivity (Wildman–Crippen MR) is 85.0 cm³/mol. The predicted octanol–water partition coefficient (Wildman–Crippen LogP) is 3.30. The van der Waals surface area contributed by atoms with Gasteiger partial charge < -0.3 is 10.1 Å². The summed E-state index contributed by atoms with van der Waals surface area (Å²) in [7, 11) is 0. The standard InChI is InChI=1S/C17H17ClN2O2/c1-11-2-3-13(10-19-11)17(21)20-15-8-9-22-16(15)12-4-6-14(18)7-5-12/h2-7,10,15-16H,8-9H2,1H3,(H,20,21)/t15-,16-/m0/s1. The van der Waals surface area contributed by atoms with E-state index in [2.05, 4.69) is 10.3 Å². The highest BCUT2D eigenvalue weighted by atomic mass is 35.5. The molecule has 1 aliphatic heterocycles. The van der Waals surface area contributed by atoms with E-state index < -0.39 is 0 Å². The SMILES string of the molecule is Cc1ccc(C(=O)N[C@H]2CCO[C@H]2c2ccc(Cl)cc2)cn1. The number of hydrogen-bond acceptors (Lipinski definition) is 3. The summed E-state index contributed by atoms with van der Waals surface area (Å²) in [5.74, 6) is -0.123. The average molecular weight is 317 g/mol. The fourth-order valence-corrected chi connectivity index (χ4v) is 2.70. The third-order valence-electron chi connectivity index (χ3n) is 3.78. The van der Waals surface area contributed by atoms with E-state index in [1.165, 1.54) is 0 Å². The van der Waals surface area contributed by atoms with E-state index in [4.69, 9.17) is 16.3 Å². The molecule has 2 aromatic rings. The third kappa shape index (κ3) is 3.29. The maximum Gasteiger partial charge on any atom is 0.253 e. The highest BCUT2D eigenvalue weighted by molar-refractivity contribution is 6.30. The number of aromatic nitrogens is 1. The molecule has 0 spiro atoms. The van der Waals surface area contributed by atoms with Crippen molar-refractivity contribution in [2.45, 2.75) is 25.5 Å². The molecule has 2 atom stereocenters. The number of rotatable bonds is 3. The Bertz CT molecular complexity index is 655. The first-order valence-corrected chi connectivity index (χ1v) is 7.62. The Hall–Kier alpha value is -1.91. The highest BCUT2D eigenvalue weighted by Gasteiger charge is 2.31. The maximum atomic E-state index is 12.3. The van der Waals surface area contributed by atoms with E-state index in [0.29, 0.717) is 17.2 Å². The van der Waals surface area contributed by atoms with Gasteiger partial charge in [0, 0.05) is 23.5 Å². The number of ether oxygens (including phenoxy) is 1. The summed E-state index contributed by atoms with van der Waals surface area (Å²) in [4.78, 5) is 16.5. The Morgan fingerprint density at radius 2 is 2.05 bits per heavy atom. The summed E-state index contributed by atoms with van der Waals surface area (Å²) in [6.45, 7) is 2.52. The van der Waals surface area contributed by atoms with Gasteiger partial charge in [-0.05, 0) is 43.2 Å². The van der Waals surface area contributed by atoms with Crippen molar-refractivity contribution in [2.24, 2.45) is 0 Å². The molecule has 0 radical (unpaired) electrons. The van der Waals surface area contributed by atoms with Crippen molar-refractivity contribution in [3.63, 3.8) is 0 Å². The van der Waals surface area contributed by atoms with Crippen molar-refractivity contribution in [2.75, 3.05) is 6.61 Å². The van der Waals surface area contributed by atoms with E-state index in [-0.39, 0.29) is 18.1 Å². The van der Waals surface area contributed by atoms with Crippen LogP contribution in [-0.4, -0.2) is 23.5 Å². The molecule has 0 unspecified atom stereocenters. The fourth-order valence-electron chi connectivity index (χ4n) is 2.57. The van der Waals surface area contributed by atoms with Crippen LogP contribution >= 0.6 is 11.6 Å². The summed E-state index contributed by atoms with van der Waals surface area (Å²) in [6, 6.07) is 11.1. The number of benzene rings is 1. The Labute approximate surface area is 134 Å². The number of hydrogen-bond donors (Lipinski definition) is 1. The highest BCUT2D eigenvalue weighted by Crippen LogP contribution is 2.30. The van der Waals surface area contributed by atoms with Crippen LogP contribution in [0, 0.1) is 6.92 Å². The second-order valence-electron chi connectivity index (χ2n) is 5.40. The summed E-state index contributed by atoms with van der Waals surface area (Å²) >= 11 is 5.91. The van der Waals surface area contributed by atoms with Crippen molar-refractivity contribution in [1.82, 2.24) is 10.3 Å². The molecule has 1 N–H and O–H groups in total. The molecule has 0 bridgehead atoms. The summed E-state index contributed by atoms with van der Waals surface area (Å²) in [5.41, 5.74) is 2.47. The molecule has 1 fully saturated rings. The quantitative estimate of drug-likeness (QED) is 0.945. The Kier molecular flexibility index (Phi) is 4.41. The van der Waals surface area contributed by atoms with Gasteiger partial charge in [0.25, 0.3) is 5.91 Å². The summed E-state index contributed by atoms with van der Waals surface area (Å²) < 4.78 is 5.77. The van der Waals surface area contributed by atoms with Gasteiger partial charge in [-0.25, -0.2) is 0 Å². The monoisotopic (exact) mass is 316 g/mol. The van der Waals surface area contributed by atoms with Crippen LogP contribution in [0.2, 0.25) is 5.02 Å². The van der Waals surface area contributed by atoms with Crippen LogP contribution < -0.4 is 5.32 Å². The van der Waals surface area contributed by atoms with Crippen LogP contribution in [0.25, 0.3) is 0 Å². The van der Waals surface area contributed by atoms with Crippen molar-refractivity contribution >= 4 is 17.5 Å². The zero-order chi connectivity index (χ0) is 15.5. The molecular weight excluding hydrogens is 300 g/mol. The fraction of sp³-hybridized carbons (Fsp3) is 0.294. The first-order chi connectivity index (χ1) is 10.6. The zero-order valence-electron chi connectivity index (χ0n) is 12.3. The number of nitrogens with zero attached hydrogens (tertiary/aromatic N) is 1. The van der Waals surface area contributed by atoms with E-state index >= 15 is 0 Å². The molecule has 1 aromatic heterocycles. The second kappa shape index (κ2) is 6.46. The minimum Gasteiger partial charge on any atom is -0.371 e. The lowest BCUT2D eigenvalue weighted by atomic mass is 10.0. The van der Waals surface area contributed by atoms with Gasteiger partial charge in [-0.1, -0.05) is 23.7 Å². The molecule has 1 aliphatic rings. The second-order valence-corrected chi connectivity index (χ2v) is 5.84. The lowest BCUT2D eigenvalue weighted by Gasteiger charge is -2.20. The molecular formula is C17H17ClN2O2. The molecule has 0 saturated carbocycles. The lowest BCUT2D eigenvalue weighted by Crippen LogP contribution is -2.36. The van der Waals surface area contributed by atoms with E-state index in [1.807, 2.05) is 37.3 Å². The molecule has 1 amide bonds. The summed E-state index contributed by atoms with van der Waals surface area (Å²) in [5, 5.41) is 3.73. The van der Waals surface area contributed by atoms with Crippen molar-refractivity contribution in [3.05, 3.63) is 64.4 Å². The van der Waals surface area contributed by atoms with Gasteiger partial charge in [0.1, 0.15) is 6.10 Å². The minimum atomic E-state index is -0.139. The van der Waals surface area contributed by atoms with Gasteiger partial charge in [-0.2, -0.15) is 0 Å². The normalized spacial score (nSPS) is 20.8. The van der Waals surface area contributed by atoms with Gasteiger partial charge in [-0.15, -0.1) is 0 Å². The number of pyridine rings is 1. The Morgan fingerprint density at radius 3 is 2.73 bits per heavy atom. The van der Waals surface area contributed by atoms with E-state index in [0.717, 1.165) is 17.7 Å².